The maximum absolute atomic E-state index is 12.0. The number of fused-ring (bicyclic) bond motifs is 2. The summed E-state index contributed by atoms with van der Waals surface area (Å²) in [5.74, 6) is 0.708. The second-order valence-electron chi connectivity index (χ2n) is 5.98. The van der Waals surface area contributed by atoms with E-state index >= 15 is 0 Å². The van der Waals surface area contributed by atoms with Crippen molar-refractivity contribution >= 4 is 10.1 Å². The van der Waals surface area contributed by atoms with E-state index in [0.29, 0.717) is 5.92 Å². The van der Waals surface area contributed by atoms with Crippen molar-refractivity contribution in [1.29, 1.82) is 0 Å². The molecule has 2 aliphatic carbocycles. The van der Waals surface area contributed by atoms with Gasteiger partial charge >= 0.3 is 0 Å². The first-order chi connectivity index (χ1) is 6.74. The lowest BCUT2D eigenvalue weighted by atomic mass is 9.98. The molecule has 2 rings (SSSR count). The predicted octanol–water partition coefficient (Wildman–Crippen LogP) is 2.46. The molecule has 0 aromatic carbocycles. The lowest BCUT2D eigenvalue weighted by Gasteiger charge is -2.30. The zero-order valence-corrected chi connectivity index (χ0v) is 10.6. The highest BCUT2D eigenvalue weighted by atomic mass is 32.2. The molecule has 0 saturated heterocycles. The topological polar surface area (TPSA) is 43.4 Å². The monoisotopic (exact) mass is 232 g/mol. The van der Waals surface area contributed by atoms with Crippen molar-refractivity contribution in [2.24, 2.45) is 5.92 Å². The fourth-order valence-corrected chi connectivity index (χ4v) is 3.56. The van der Waals surface area contributed by atoms with Gasteiger partial charge in [-0.15, -0.1) is 0 Å². The van der Waals surface area contributed by atoms with E-state index in [0.717, 1.165) is 32.1 Å². The highest BCUT2D eigenvalue weighted by Crippen LogP contribution is 2.51. The molecule has 15 heavy (non-hydrogen) atoms. The Morgan fingerprint density at radius 2 is 1.73 bits per heavy atom. The van der Waals surface area contributed by atoms with Crippen LogP contribution in [0.25, 0.3) is 0 Å². The molecule has 88 valence electrons. The molecule has 0 heterocycles. The van der Waals surface area contributed by atoms with Gasteiger partial charge in [-0.2, -0.15) is 8.42 Å². The van der Waals surface area contributed by atoms with E-state index in [9.17, 15) is 8.42 Å². The fourth-order valence-electron chi connectivity index (χ4n) is 2.61. The molecule has 0 N–H and O–H groups in total. The summed E-state index contributed by atoms with van der Waals surface area (Å²) in [4.78, 5) is 0. The van der Waals surface area contributed by atoms with Crippen LogP contribution in [0.4, 0.5) is 0 Å². The first-order valence-corrected chi connectivity index (χ1v) is 7.10. The van der Waals surface area contributed by atoms with Crippen LogP contribution in [0.5, 0.6) is 0 Å². The summed E-state index contributed by atoms with van der Waals surface area (Å²) < 4.78 is 28.6. The minimum absolute atomic E-state index is 0.337. The molecule has 0 amide bonds. The Morgan fingerprint density at radius 1 is 1.20 bits per heavy atom. The summed E-state index contributed by atoms with van der Waals surface area (Å²) in [5.41, 5.74) is -0.337. The van der Waals surface area contributed by atoms with Gasteiger partial charge in [0.2, 0.25) is 0 Å². The Hall–Kier alpha value is -0.0900. The Morgan fingerprint density at radius 3 is 2.07 bits per heavy atom. The van der Waals surface area contributed by atoms with Crippen LogP contribution >= 0.6 is 0 Å². The van der Waals surface area contributed by atoms with Crippen LogP contribution in [0.1, 0.15) is 52.9 Å². The van der Waals surface area contributed by atoms with E-state index in [1.165, 1.54) is 0 Å². The number of hydrogen-bond donors (Lipinski definition) is 0. The molecule has 2 aliphatic rings. The summed E-state index contributed by atoms with van der Waals surface area (Å²) in [6, 6.07) is 0. The van der Waals surface area contributed by atoms with Crippen molar-refractivity contribution in [3.63, 3.8) is 0 Å². The molecule has 0 spiro atoms. The van der Waals surface area contributed by atoms with Crippen molar-refractivity contribution in [3.8, 4) is 0 Å². The number of hydrogen-bond acceptors (Lipinski definition) is 3. The lowest BCUT2D eigenvalue weighted by molar-refractivity contribution is 0.0843. The molecule has 2 bridgehead atoms. The molecule has 0 aromatic rings. The van der Waals surface area contributed by atoms with Crippen LogP contribution in [-0.2, 0) is 14.3 Å². The van der Waals surface area contributed by atoms with E-state index in [1.807, 2.05) is 0 Å². The quantitative estimate of drug-likeness (QED) is 0.687. The van der Waals surface area contributed by atoms with Gasteiger partial charge in [-0.25, -0.2) is 0 Å². The van der Waals surface area contributed by atoms with Crippen molar-refractivity contribution in [1.82, 2.24) is 0 Å². The van der Waals surface area contributed by atoms with Gasteiger partial charge in [-0.05, 0) is 58.8 Å². The molecule has 4 heteroatoms. The van der Waals surface area contributed by atoms with Crippen LogP contribution in [0.2, 0.25) is 0 Å². The fraction of sp³-hybridized carbons (Fsp3) is 1.00. The van der Waals surface area contributed by atoms with Gasteiger partial charge in [0.15, 0.2) is 0 Å². The third kappa shape index (κ3) is 1.94. The minimum atomic E-state index is -3.43. The van der Waals surface area contributed by atoms with Gasteiger partial charge in [0, 0.05) is 0 Å². The molecule has 2 saturated carbocycles. The second-order valence-corrected chi connectivity index (χ2v) is 8.28. The van der Waals surface area contributed by atoms with Crippen LogP contribution in [0.3, 0.4) is 0 Å². The Bertz CT molecular complexity index is 343. The molecule has 2 fully saturated rings. The predicted molar refractivity (Wildman–Crippen MR) is 59.1 cm³/mol. The summed E-state index contributed by atoms with van der Waals surface area (Å²) in [6.45, 7) is 5.08. The normalized spacial score (nSPS) is 36.1. The smallest absolute Gasteiger partial charge is 0.263 e. The van der Waals surface area contributed by atoms with Gasteiger partial charge in [-0.1, -0.05) is 0 Å². The van der Waals surface area contributed by atoms with Crippen molar-refractivity contribution in [3.05, 3.63) is 0 Å². The van der Waals surface area contributed by atoms with Crippen LogP contribution < -0.4 is 0 Å². The Labute approximate surface area is 92.3 Å². The third-order valence-electron chi connectivity index (χ3n) is 3.71. The Kier molecular flexibility index (Phi) is 2.43. The first-order valence-electron chi connectivity index (χ1n) is 5.69. The van der Waals surface area contributed by atoms with Crippen LogP contribution in [0.15, 0.2) is 0 Å². The molecular weight excluding hydrogens is 212 g/mol. The molecule has 0 unspecified atom stereocenters. The molecule has 0 aromatic heterocycles. The highest BCUT2D eigenvalue weighted by molar-refractivity contribution is 7.88. The highest BCUT2D eigenvalue weighted by Gasteiger charge is 2.50. The van der Waals surface area contributed by atoms with E-state index in [4.69, 9.17) is 4.18 Å². The second kappa shape index (κ2) is 3.20. The van der Waals surface area contributed by atoms with Gasteiger partial charge < -0.3 is 0 Å². The van der Waals surface area contributed by atoms with Crippen molar-refractivity contribution in [2.75, 3.05) is 0 Å². The van der Waals surface area contributed by atoms with Crippen molar-refractivity contribution < 1.29 is 12.6 Å². The van der Waals surface area contributed by atoms with E-state index in [2.05, 4.69) is 0 Å². The third-order valence-corrected chi connectivity index (χ3v) is 5.79. The summed E-state index contributed by atoms with van der Waals surface area (Å²) >= 11 is 0. The maximum atomic E-state index is 12.0. The SMILES string of the molecule is CC(C)(C)S(=O)(=O)OC12CCC(CC1)C2. The summed E-state index contributed by atoms with van der Waals surface area (Å²) in [6.07, 6.45) is 5.07. The lowest BCUT2D eigenvalue weighted by Crippen LogP contribution is -2.38. The number of rotatable bonds is 2. The molecule has 3 nitrogen and oxygen atoms in total. The van der Waals surface area contributed by atoms with E-state index in [-0.39, 0.29) is 5.60 Å². The van der Waals surface area contributed by atoms with Crippen LogP contribution in [-0.4, -0.2) is 18.8 Å². The van der Waals surface area contributed by atoms with Gasteiger partial charge in [0.25, 0.3) is 10.1 Å². The van der Waals surface area contributed by atoms with Crippen molar-refractivity contribution in [2.45, 2.75) is 63.2 Å². The standard InChI is InChI=1S/C11H20O3S/c1-10(2,3)15(12,13)14-11-6-4-9(8-11)5-7-11/h9H,4-8H2,1-3H3. The average Bonchev–Trinajstić information content (AvgIpc) is 2.59. The zero-order chi connectivity index (χ0) is 11.3. The van der Waals surface area contributed by atoms with E-state index in [1.54, 1.807) is 20.8 Å². The van der Waals surface area contributed by atoms with Gasteiger partial charge in [-0.3, -0.25) is 4.18 Å². The minimum Gasteiger partial charge on any atom is -0.263 e. The Balaban J connectivity index is 2.16. The van der Waals surface area contributed by atoms with Gasteiger partial charge in [0.05, 0.1) is 10.3 Å². The largest absolute Gasteiger partial charge is 0.272 e. The molecule has 0 atom stereocenters. The molecular formula is C11H20O3S. The average molecular weight is 232 g/mol. The van der Waals surface area contributed by atoms with Gasteiger partial charge in [0.1, 0.15) is 0 Å². The maximum Gasteiger partial charge on any atom is 0.272 e. The van der Waals surface area contributed by atoms with E-state index < -0.39 is 14.9 Å². The summed E-state index contributed by atoms with van der Waals surface area (Å²) in [7, 11) is -3.43. The summed E-state index contributed by atoms with van der Waals surface area (Å²) in [5, 5.41) is 0. The molecule has 0 aliphatic heterocycles. The van der Waals surface area contributed by atoms with Crippen LogP contribution in [0, 0.1) is 5.92 Å². The molecule has 0 radical (unpaired) electrons. The zero-order valence-electron chi connectivity index (χ0n) is 9.75. The first kappa shape index (κ1) is 11.4.